The zero-order valence-electron chi connectivity index (χ0n) is 14.2. The lowest BCUT2D eigenvalue weighted by Gasteiger charge is -2.35. The van der Waals surface area contributed by atoms with E-state index in [9.17, 15) is 18.7 Å². The summed E-state index contributed by atoms with van der Waals surface area (Å²) in [4.78, 5) is 13.5. The standard InChI is InChI=1S/C18H24F2N2O3/c1-11(23)21-16-6-13-9-22(10-14(13)7-17(16)24)8-12-3-2-4-15(5-12)25-18(19)20/h2-5,13-14,16-18,24H,6-10H2,1H3,(H,21,23)/t13-,14+,16-,17-/m1/s1. The van der Waals surface area contributed by atoms with E-state index >= 15 is 0 Å². The average Bonchev–Trinajstić information content (AvgIpc) is 2.87. The Balaban J connectivity index is 1.59. The third-order valence-electron chi connectivity index (χ3n) is 5.14. The van der Waals surface area contributed by atoms with Crippen LogP contribution in [0.3, 0.4) is 0 Å². The van der Waals surface area contributed by atoms with E-state index in [-0.39, 0.29) is 17.7 Å². The van der Waals surface area contributed by atoms with Gasteiger partial charge in [0.15, 0.2) is 0 Å². The number of hydrogen-bond donors (Lipinski definition) is 2. The molecule has 2 N–H and O–H groups in total. The van der Waals surface area contributed by atoms with E-state index in [2.05, 4.69) is 15.0 Å². The molecule has 1 saturated heterocycles. The summed E-state index contributed by atoms with van der Waals surface area (Å²) < 4.78 is 29.1. The van der Waals surface area contributed by atoms with Gasteiger partial charge in [-0.25, -0.2) is 0 Å². The summed E-state index contributed by atoms with van der Waals surface area (Å²) in [6.45, 7) is 1.06. The van der Waals surface area contributed by atoms with E-state index in [0.717, 1.165) is 25.1 Å². The number of carbonyl (C=O) groups excluding carboxylic acids is 1. The van der Waals surface area contributed by atoms with Crippen LogP contribution in [0.1, 0.15) is 25.3 Å². The molecule has 1 aliphatic carbocycles. The number of ether oxygens (including phenoxy) is 1. The quantitative estimate of drug-likeness (QED) is 0.849. The number of halogens is 2. The molecular weight excluding hydrogens is 330 g/mol. The zero-order valence-corrected chi connectivity index (χ0v) is 14.2. The summed E-state index contributed by atoms with van der Waals surface area (Å²) in [5.74, 6) is 0.889. The minimum Gasteiger partial charge on any atom is -0.435 e. The van der Waals surface area contributed by atoms with Crippen LogP contribution in [0.2, 0.25) is 0 Å². The molecule has 2 aliphatic rings. The first-order valence-electron chi connectivity index (χ1n) is 8.62. The third kappa shape index (κ3) is 4.67. The van der Waals surface area contributed by atoms with Gasteiger partial charge < -0.3 is 15.2 Å². The monoisotopic (exact) mass is 354 g/mol. The van der Waals surface area contributed by atoms with Gasteiger partial charge in [0, 0.05) is 26.6 Å². The second kappa shape index (κ2) is 7.66. The Morgan fingerprint density at radius 3 is 2.76 bits per heavy atom. The molecule has 1 aromatic carbocycles. The molecule has 7 heteroatoms. The van der Waals surface area contributed by atoms with Crippen molar-refractivity contribution in [3.05, 3.63) is 29.8 Å². The SMILES string of the molecule is CC(=O)N[C@@H]1C[C@@H]2CN(Cc3cccc(OC(F)F)c3)C[C@@H]2C[C@H]1O. The van der Waals surface area contributed by atoms with Crippen LogP contribution in [-0.4, -0.2) is 47.8 Å². The van der Waals surface area contributed by atoms with E-state index in [1.54, 1.807) is 12.1 Å². The lowest BCUT2D eigenvalue weighted by atomic mass is 9.77. The predicted octanol–water partition coefficient (Wildman–Crippen LogP) is 2.00. The Hall–Kier alpha value is -1.73. The molecule has 138 valence electrons. The topological polar surface area (TPSA) is 61.8 Å². The minimum absolute atomic E-state index is 0.117. The van der Waals surface area contributed by atoms with E-state index in [1.165, 1.54) is 13.0 Å². The fourth-order valence-corrected chi connectivity index (χ4v) is 4.15. The van der Waals surface area contributed by atoms with E-state index < -0.39 is 12.7 Å². The molecule has 0 bridgehead atoms. The van der Waals surface area contributed by atoms with Crippen molar-refractivity contribution in [3.8, 4) is 5.75 Å². The maximum absolute atomic E-state index is 12.3. The number of benzene rings is 1. The van der Waals surface area contributed by atoms with Crippen LogP contribution in [0.4, 0.5) is 8.78 Å². The van der Waals surface area contributed by atoms with Gasteiger partial charge in [-0.05, 0) is 42.4 Å². The van der Waals surface area contributed by atoms with Crippen LogP contribution in [0, 0.1) is 11.8 Å². The summed E-state index contributed by atoms with van der Waals surface area (Å²) in [7, 11) is 0. The van der Waals surface area contributed by atoms with Crippen molar-refractivity contribution in [3.63, 3.8) is 0 Å². The number of hydrogen-bond acceptors (Lipinski definition) is 4. The van der Waals surface area contributed by atoms with Gasteiger partial charge in [0.25, 0.3) is 0 Å². The summed E-state index contributed by atoms with van der Waals surface area (Å²) >= 11 is 0. The summed E-state index contributed by atoms with van der Waals surface area (Å²) in [5.41, 5.74) is 0.927. The Morgan fingerprint density at radius 2 is 2.08 bits per heavy atom. The van der Waals surface area contributed by atoms with Crippen molar-refractivity contribution in [2.45, 2.75) is 45.1 Å². The van der Waals surface area contributed by atoms with E-state index in [4.69, 9.17) is 0 Å². The second-order valence-corrected chi connectivity index (χ2v) is 7.09. The van der Waals surface area contributed by atoms with E-state index in [1.807, 2.05) is 6.07 Å². The van der Waals surface area contributed by atoms with Gasteiger partial charge in [0.2, 0.25) is 5.91 Å². The lowest BCUT2D eigenvalue weighted by molar-refractivity contribution is -0.121. The number of rotatable bonds is 5. The normalized spacial score (nSPS) is 29.5. The molecule has 1 heterocycles. The minimum atomic E-state index is -2.82. The number of nitrogens with zero attached hydrogens (tertiary/aromatic N) is 1. The van der Waals surface area contributed by atoms with Crippen molar-refractivity contribution in [1.29, 1.82) is 0 Å². The molecule has 3 rings (SSSR count). The second-order valence-electron chi connectivity index (χ2n) is 7.09. The highest BCUT2D eigenvalue weighted by atomic mass is 19.3. The van der Waals surface area contributed by atoms with Crippen molar-refractivity contribution in [2.75, 3.05) is 13.1 Å². The van der Waals surface area contributed by atoms with Crippen LogP contribution in [0.25, 0.3) is 0 Å². The number of fused-ring (bicyclic) bond motifs is 1. The van der Waals surface area contributed by atoms with Crippen LogP contribution in [-0.2, 0) is 11.3 Å². The number of likely N-dealkylation sites (tertiary alicyclic amines) is 1. The summed E-state index contributed by atoms with van der Waals surface area (Å²) in [6.07, 6.45) is 0.949. The first kappa shape index (κ1) is 18.1. The third-order valence-corrected chi connectivity index (χ3v) is 5.14. The van der Waals surface area contributed by atoms with Crippen LogP contribution >= 0.6 is 0 Å². The predicted molar refractivity (Wildman–Crippen MR) is 88.2 cm³/mol. The van der Waals surface area contributed by atoms with Gasteiger partial charge in [0.1, 0.15) is 5.75 Å². The molecule has 1 aromatic rings. The highest BCUT2D eigenvalue weighted by molar-refractivity contribution is 5.73. The van der Waals surface area contributed by atoms with Crippen LogP contribution in [0.5, 0.6) is 5.75 Å². The number of amides is 1. The number of alkyl halides is 2. The lowest BCUT2D eigenvalue weighted by Crippen LogP contribution is -2.48. The number of carbonyl (C=O) groups is 1. The zero-order chi connectivity index (χ0) is 18.0. The largest absolute Gasteiger partial charge is 0.435 e. The highest BCUT2D eigenvalue weighted by Crippen LogP contribution is 2.37. The molecule has 2 fully saturated rings. The molecular formula is C18H24F2N2O3. The van der Waals surface area contributed by atoms with E-state index in [0.29, 0.717) is 24.8 Å². The Morgan fingerprint density at radius 1 is 1.36 bits per heavy atom. The summed E-state index contributed by atoms with van der Waals surface area (Å²) in [6, 6.07) is 6.60. The smallest absolute Gasteiger partial charge is 0.387 e. The Kier molecular flexibility index (Phi) is 5.54. The molecule has 0 aromatic heterocycles. The highest BCUT2D eigenvalue weighted by Gasteiger charge is 2.41. The first-order chi connectivity index (χ1) is 11.9. The van der Waals surface area contributed by atoms with Gasteiger partial charge in [0.05, 0.1) is 12.1 Å². The van der Waals surface area contributed by atoms with Crippen molar-refractivity contribution < 1.29 is 23.4 Å². The molecule has 0 unspecified atom stereocenters. The number of nitrogens with one attached hydrogen (secondary N) is 1. The maximum atomic E-state index is 12.3. The average molecular weight is 354 g/mol. The fourth-order valence-electron chi connectivity index (χ4n) is 4.15. The number of aliphatic hydroxyl groups excluding tert-OH is 1. The maximum Gasteiger partial charge on any atom is 0.387 e. The number of aliphatic hydroxyl groups is 1. The molecule has 1 saturated carbocycles. The Bertz CT molecular complexity index is 614. The Labute approximate surface area is 146 Å². The molecule has 5 nitrogen and oxygen atoms in total. The molecule has 4 atom stereocenters. The van der Waals surface area contributed by atoms with Gasteiger partial charge in [-0.3, -0.25) is 9.69 Å². The van der Waals surface area contributed by atoms with Gasteiger partial charge in [-0.15, -0.1) is 0 Å². The fraction of sp³-hybridized carbons (Fsp3) is 0.611. The molecule has 25 heavy (non-hydrogen) atoms. The van der Waals surface area contributed by atoms with Crippen molar-refractivity contribution in [2.24, 2.45) is 11.8 Å². The summed E-state index contributed by atoms with van der Waals surface area (Å²) in [5, 5.41) is 13.1. The van der Waals surface area contributed by atoms with Crippen LogP contribution in [0.15, 0.2) is 24.3 Å². The molecule has 0 radical (unpaired) electrons. The molecule has 1 aliphatic heterocycles. The first-order valence-corrected chi connectivity index (χ1v) is 8.62. The molecule has 1 amide bonds. The van der Waals surface area contributed by atoms with Gasteiger partial charge in [-0.1, -0.05) is 12.1 Å². The van der Waals surface area contributed by atoms with Crippen LogP contribution < -0.4 is 10.1 Å². The molecule has 0 spiro atoms. The van der Waals surface area contributed by atoms with Gasteiger partial charge >= 0.3 is 6.61 Å². The van der Waals surface area contributed by atoms with Crippen molar-refractivity contribution >= 4 is 5.91 Å². The van der Waals surface area contributed by atoms with Gasteiger partial charge in [-0.2, -0.15) is 8.78 Å². The van der Waals surface area contributed by atoms with Crippen molar-refractivity contribution in [1.82, 2.24) is 10.2 Å².